The van der Waals surface area contributed by atoms with E-state index >= 15 is 0 Å². The van der Waals surface area contributed by atoms with Crippen molar-refractivity contribution in [2.75, 3.05) is 0 Å². The lowest BCUT2D eigenvalue weighted by molar-refractivity contribution is 0.437. The molecule has 7 heteroatoms. The summed E-state index contributed by atoms with van der Waals surface area (Å²) < 4.78 is 11.9. The van der Waals surface area contributed by atoms with E-state index in [0.717, 1.165) is 36.1 Å². The first-order chi connectivity index (χ1) is 14.3. The van der Waals surface area contributed by atoms with Crippen LogP contribution in [0.1, 0.15) is 17.7 Å². The van der Waals surface area contributed by atoms with Crippen LogP contribution < -0.4 is 9.47 Å². The summed E-state index contributed by atoms with van der Waals surface area (Å²) in [6, 6.07) is 11.2. The zero-order valence-corrected chi connectivity index (χ0v) is 15.5. The van der Waals surface area contributed by atoms with Crippen molar-refractivity contribution in [1.29, 1.82) is 0 Å². The number of hydrogen-bond donors (Lipinski definition) is 0. The first-order valence-electron chi connectivity index (χ1n) is 9.37. The lowest BCUT2D eigenvalue weighted by atomic mass is 10.2. The van der Waals surface area contributed by atoms with Crippen molar-refractivity contribution in [3.05, 3.63) is 78.6 Å². The van der Waals surface area contributed by atoms with Crippen LogP contribution in [0.15, 0.2) is 67.4 Å². The second kappa shape index (κ2) is 7.63. The molecule has 0 N–H and O–H groups in total. The number of benzene rings is 1. The van der Waals surface area contributed by atoms with Crippen LogP contribution in [0, 0.1) is 0 Å². The Morgan fingerprint density at radius 2 is 1.69 bits per heavy atom. The van der Waals surface area contributed by atoms with E-state index < -0.39 is 0 Å². The van der Waals surface area contributed by atoms with E-state index in [1.54, 1.807) is 31.0 Å². The number of aromatic nitrogens is 5. The van der Waals surface area contributed by atoms with Crippen molar-refractivity contribution in [2.24, 2.45) is 0 Å². The van der Waals surface area contributed by atoms with Gasteiger partial charge in [-0.05, 0) is 43.5 Å². The summed E-state index contributed by atoms with van der Waals surface area (Å²) in [5.74, 6) is 2.88. The van der Waals surface area contributed by atoms with Crippen molar-refractivity contribution in [3.8, 4) is 34.6 Å². The number of pyridine rings is 1. The molecule has 0 amide bonds. The van der Waals surface area contributed by atoms with Crippen molar-refractivity contribution in [1.82, 2.24) is 24.9 Å². The highest BCUT2D eigenvalue weighted by atomic mass is 16.5. The number of fused-ring (bicyclic) bond motifs is 1. The molecule has 0 spiro atoms. The predicted molar refractivity (Wildman–Crippen MR) is 106 cm³/mol. The molecule has 0 saturated heterocycles. The van der Waals surface area contributed by atoms with Gasteiger partial charge in [0.1, 0.15) is 11.5 Å². The van der Waals surface area contributed by atoms with Crippen molar-refractivity contribution < 1.29 is 9.47 Å². The molecule has 3 heterocycles. The molecule has 0 bridgehead atoms. The number of hydrogen-bond acceptors (Lipinski definition) is 7. The Labute approximate surface area is 167 Å². The molecule has 0 aliphatic heterocycles. The number of rotatable bonds is 5. The lowest BCUT2D eigenvalue weighted by Crippen LogP contribution is -2.01. The molecule has 0 radical (unpaired) electrons. The minimum Gasteiger partial charge on any atom is -0.438 e. The lowest BCUT2D eigenvalue weighted by Gasteiger charge is -2.12. The van der Waals surface area contributed by atoms with Crippen molar-refractivity contribution in [3.63, 3.8) is 0 Å². The average molecular weight is 383 g/mol. The molecular weight excluding hydrogens is 366 g/mol. The average Bonchev–Trinajstić information content (AvgIpc) is 3.25. The van der Waals surface area contributed by atoms with E-state index in [1.165, 1.54) is 0 Å². The molecule has 0 fully saturated rings. The van der Waals surface area contributed by atoms with Gasteiger partial charge in [-0.2, -0.15) is 4.98 Å². The topological polar surface area (TPSA) is 82.9 Å². The smallest absolute Gasteiger partial charge is 0.237 e. The van der Waals surface area contributed by atoms with Crippen molar-refractivity contribution in [2.45, 2.75) is 19.3 Å². The van der Waals surface area contributed by atoms with E-state index in [1.807, 2.05) is 36.4 Å². The maximum Gasteiger partial charge on any atom is 0.237 e. The van der Waals surface area contributed by atoms with Gasteiger partial charge in [0.25, 0.3) is 0 Å². The van der Waals surface area contributed by atoms with Gasteiger partial charge in [0.2, 0.25) is 11.8 Å². The van der Waals surface area contributed by atoms with Gasteiger partial charge in [-0.3, -0.25) is 9.97 Å². The minimum atomic E-state index is 0.423. The van der Waals surface area contributed by atoms with Crippen LogP contribution in [0.3, 0.4) is 0 Å². The summed E-state index contributed by atoms with van der Waals surface area (Å²) in [6.45, 7) is 0. The molecule has 4 aromatic rings. The molecular formula is C22H17N5O2. The zero-order chi connectivity index (χ0) is 19.5. The van der Waals surface area contributed by atoms with Gasteiger partial charge >= 0.3 is 0 Å². The number of ether oxygens (including phenoxy) is 2. The van der Waals surface area contributed by atoms with Crippen LogP contribution in [0.5, 0.6) is 23.3 Å². The Hall–Kier alpha value is -3.87. The minimum absolute atomic E-state index is 0.423. The molecule has 0 atom stereocenters. The molecule has 5 rings (SSSR count). The van der Waals surface area contributed by atoms with E-state index in [0.29, 0.717) is 29.1 Å². The quantitative estimate of drug-likeness (QED) is 0.505. The molecule has 7 nitrogen and oxygen atoms in total. The predicted octanol–water partition coefficient (Wildman–Crippen LogP) is 4.40. The Morgan fingerprint density at radius 1 is 0.793 bits per heavy atom. The summed E-state index contributed by atoms with van der Waals surface area (Å²) >= 11 is 0. The van der Waals surface area contributed by atoms with Gasteiger partial charge in [-0.15, -0.1) is 0 Å². The zero-order valence-electron chi connectivity index (χ0n) is 15.5. The summed E-state index contributed by atoms with van der Waals surface area (Å²) in [5, 5.41) is 0. The molecule has 3 aromatic heterocycles. The van der Waals surface area contributed by atoms with Gasteiger partial charge < -0.3 is 9.47 Å². The van der Waals surface area contributed by atoms with Crippen molar-refractivity contribution >= 4 is 0 Å². The van der Waals surface area contributed by atoms with Crippen LogP contribution in [-0.2, 0) is 12.8 Å². The highest BCUT2D eigenvalue weighted by molar-refractivity contribution is 5.56. The second-order valence-corrected chi connectivity index (χ2v) is 6.60. The molecule has 0 unspecified atom stereocenters. The Morgan fingerprint density at radius 3 is 2.52 bits per heavy atom. The van der Waals surface area contributed by atoms with E-state index in [-0.39, 0.29) is 0 Å². The fourth-order valence-electron chi connectivity index (χ4n) is 3.28. The van der Waals surface area contributed by atoms with Gasteiger partial charge in [0.05, 0.1) is 11.9 Å². The Bertz CT molecular complexity index is 1140. The molecule has 142 valence electrons. The summed E-state index contributed by atoms with van der Waals surface area (Å²) in [6.07, 6.45) is 11.1. The maximum absolute atomic E-state index is 6.17. The van der Waals surface area contributed by atoms with E-state index in [2.05, 4.69) is 19.9 Å². The largest absolute Gasteiger partial charge is 0.438 e. The first-order valence-corrected chi connectivity index (χ1v) is 9.37. The third-order valence-corrected chi connectivity index (χ3v) is 4.60. The number of aryl methyl sites for hydroxylation is 1. The van der Waals surface area contributed by atoms with Gasteiger partial charge in [-0.25, -0.2) is 9.97 Å². The molecule has 1 aliphatic rings. The normalized spacial score (nSPS) is 12.4. The second-order valence-electron chi connectivity index (χ2n) is 6.60. The molecule has 29 heavy (non-hydrogen) atoms. The number of nitrogens with zero attached hydrogens (tertiary/aromatic N) is 5. The molecule has 0 saturated carbocycles. The van der Waals surface area contributed by atoms with Crippen LogP contribution >= 0.6 is 0 Å². The van der Waals surface area contributed by atoms with Gasteiger partial charge in [0.15, 0.2) is 5.82 Å². The van der Waals surface area contributed by atoms with Crippen LogP contribution in [0.4, 0.5) is 0 Å². The van der Waals surface area contributed by atoms with Crippen LogP contribution in [0.2, 0.25) is 0 Å². The summed E-state index contributed by atoms with van der Waals surface area (Å²) in [4.78, 5) is 21.7. The fraction of sp³-hybridized carbons (Fsp3) is 0.136. The first kappa shape index (κ1) is 17.2. The van der Waals surface area contributed by atoms with Gasteiger partial charge in [-0.1, -0.05) is 6.07 Å². The highest BCUT2D eigenvalue weighted by Gasteiger charge is 2.21. The molecule has 1 aromatic carbocycles. The Balaban J connectivity index is 1.46. The monoisotopic (exact) mass is 383 g/mol. The fourth-order valence-corrected chi connectivity index (χ4v) is 3.28. The van der Waals surface area contributed by atoms with Crippen LogP contribution in [-0.4, -0.2) is 24.9 Å². The van der Waals surface area contributed by atoms with E-state index in [9.17, 15) is 0 Å². The maximum atomic E-state index is 6.17. The summed E-state index contributed by atoms with van der Waals surface area (Å²) in [7, 11) is 0. The SMILES string of the molecule is c1cc(Oc2cnccn2)cc(Oc2nc(-c3cccnc3)nc3c2CCC3)c1. The summed E-state index contributed by atoms with van der Waals surface area (Å²) in [5.41, 5.74) is 2.98. The highest BCUT2D eigenvalue weighted by Crippen LogP contribution is 2.34. The molecule has 1 aliphatic carbocycles. The Kier molecular flexibility index (Phi) is 4.54. The standard InChI is InChI=1S/C22H17N5O2/c1-5-16(28-20-14-24-10-11-25-20)12-17(6-1)29-22-18-7-2-8-19(18)26-21(27-22)15-4-3-9-23-13-15/h1,3-6,9-14H,2,7-8H2. The third kappa shape index (κ3) is 3.75. The van der Waals surface area contributed by atoms with Crippen LogP contribution in [0.25, 0.3) is 11.4 Å². The third-order valence-electron chi connectivity index (χ3n) is 4.60. The van der Waals surface area contributed by atoms with E-state index in [4.69, 9.17) is 14.5 Å². The van der Waals surface area contributed by atoms with Gasteiger partial charge in [0, 0.05) is 42.0 Å².